The second-order valence-corrected chi connectivity index (χ2v) is 10.7. The molecule has 1 aliphatic heterocycles. The van der Waals surface area contributed by atoms with Gasteiger partial charge in [0.1, 0.15) is 0 Å². The standard InChI is InChI=1S/C27H33N7O2/c1-34-12-8-27(9-13-34,25-30-23(32-33-25)18-6-10-28-11-7-18)31-21-5-3-4-19(14-21)24(35)29-22(17-36-2)26-15-20(26)16-26/h3-7,10-11,14,20,22,31H,8-9,12-13,15-17H2,1-2H3,(H,29,35)(H,30,32,33). The number of carbonyl (C=O) groups is 1. The van der Waals surface area contributed by atoms with Crippen LogP contribution >= 0.6 is 0 Å². The lowest BCUT2D eigenvalue weighted by molar-refractivity contribution is 0.0864. The fourth-order valence-electron chi connectivity index (χ4n) is 5.61. The molecule has 2 aromatic heterocycles. The Morgan fingerprint density at radius 3 is 2.67 bits per heavy atom. The van der Waals surface area contributed by atoms with Crippen LogP contribution in [0.2, 0.25) is 0 Å². The highest BCUT2D eigenvalue weighted by Crippen LogP contribution is 2.77. The van der Waals surface area contributed by atoms with Crippen molar-refractivity contribution in [3.63, 3.8) is 0 Å². The Morgan fingerprint density at radius 2 is 1.97 bits per heavy atom. The number of anilines is 1. The Balaban J connectivity index is 1.23. The normalized spacial score (nSPS) is 25.0. The number of H-pyrrole nitrogens is 1. The first kappa shape index (κ1) is 23.1. The van der Waals surface area contributed by atoms with E-state index in [1.165, 1.54) is 12.8 Å². The van der Waals surface area contributed by atoms with Crippen LogP contribution in [0.5, 0.6) is 0 Å². The first-order valence-corrected chi connectivity index (χ1v) is 12.7. The second-order valence-electron chi connectivity index (χ2n) is 10.7. The lowest BCUT2D eigenvalue weighted by Gasteiger charge is -2.40. The number of benzene rings is 1. The van der Waals surface area contributed by atoms with Crippen LogP contribution in [-0.2, 0) is 10.3 Å². The van der Waals surface area contributed by atoms with Gasteiger partial charge in [-0.1, -0.05) is 6.07 Å². The maximum atomic E-state index is 13.2. The molecule has 3 heterocycles. The van der Waals surface area contributed by atoms with E-state index in [0.29, 0.717) is 23.4 Å². The second kappa shape index (κ2) is 8.97. The van der Waals surface area contributed by atoms with Crippen LogP contribution in [0.4, 0.5) is 5.69 Å². The molecule has 3 N–H and O–H groups in total. The highest BCUT2D eigenvalue weighted by atomic mass is 16.5. The lowest BCUT2D eigenvalue weighted by atomic mass is 9.86. The van der Waals surface area contributed by atoms with Gasteiger partial charge in [-0.05, 0) is 74.4 Å². The van der Waals surface area contributed by atoms with E-state index in [2.05, 4.69) is 37.8 Å². The van der Waals surface area contributed by atoms with Crippen molar-refractivity contribution in [3.8, 4) is 11.4 Å². The predicted molar refractivity (Wildman–Crippen MR) is 136 cm³/mol. The van der Waals surface area contributed by atoms with Crippen molar-refractivity contribution in [2.75, 3.05) is 39.2 Å². The summed E-state index contributed by atoms with van der Waals surface area (Å²) in [6, 6.07) is 11.7. The minimum absolute atomic E-state index is 0.0512. The van der Waals surface area contributed by atoms with Crippen LogP contribution in [0, 0.1) is 11.3 Å². The number of piperidine rings is 1. The largest absolute Gasteiger partial charge is 0.383 e. The number of ether oxygens (including phenoxy) is 1. The van der Waals surface area contributed by atoms with Gasteiger partial charge < -0.3 is 20.3 Å². The molecular weight excluding hydrogens is 454 g/mol. The molecule has 1 amide bonds. The quantitative estimate of drug-likeness (QED) is 0.426. The number of aromatic nitrogens is 4. The van der Waals surface area contributed by atoms with Gasteiger partial charge in [0.2, 0.25) is 0 Å². The first-order chi connectivity index (χ1) is 17.5. The fraction of sp³-hybridized carbons (Fsp3) is 0.481. The molecule has 0 radical (unpaired) electrons. The van der Waals surface area contributed by atoms with E-state index < -0.39 is 5.54 Å². The summed E-state index contributed by atoms with van der Waals surface area (Å²) in [7, 11) is 3.84. The number of hydrogen-bond acceptors (Lipinski definition) is 7. The Labute approximate surface area is 211 Å². The van der Waals surface area contributed by atoms with Gasteiger partial charge in [0.15, 0.2) is 11.6 Å². The van der Waals surface area contributed by atoms with Gasteiger partial charge in [-0.3, -0.25) is 14.9 Å². The molecule has 2 aliphatic carbocycles. The summed E-state index contributed by atoms with van der Waals surface area (Å²) in [5.74, 6) is 2.19. The van der Waals surface area contributed by atoms with Crippen LogP contribution in [0.25, 0.3) is 11.4 Å². The number of nitrogens with one attached hydrogen (secondary N) is 3. The molecule has 1 saturated heterocycles. The summed E-state index contributed by atoms with van der Waals surface area (Å²) >= 11 is 0. The van der Waals surface area contributed by atoms with Gasteiger partial charge >= 0.3 is 0 Å². The number of likely N-dealkylation sites (tertiary alicyclic amines) is 1. The van der Waals surface area contributed by atoms with Crippen molar-refractivity contribution in [2.45, 2.75) is 37.3 Å². The molecule has 1 atom stereocenters. The third-order valence-electron chi connectivity index (χ3n) is 8.30. The van der Waals surface area contributed by atoms with Gasteiger partial charge in [0, 0.05) is 49.4 Å². The molecule has 3 fully saturated rings. The number of hydrogen-bond donors (Lipinski definition) is 3. The summed E-state index contributed by atoms with van der Waals surface area (Å²) in [6.45, 7) is 2.42. The average Bonchev–Trinajstić information content (AvgIpc) is 3.72. The SMILES string of the molecule is COCC(NC(=O)c1cccc(NC2(c3nc(-c4ccncc4)n[nH]3)CCN(C)CC2)c1)C12CC1C2. The number of carbonyl (C=O) groups excluding carboxylic acids is 1. The Bertz CT molecular complexity index is 1230. The third kappa shape index (κ3) is 4.26. The average molecular weight is 488 g/mol. The summed E-state index contributed by atoms with van der Waals surface area (Å²) in [4.78, 5) is 24.5. The Hall–Kier alpha value is -3.30. The Kier molecular flexibility index (Phi) is 5.76. The van der Waals surface area contributed by atoms with Crippen molar-refractivity contribution < 1.29 is 9.53 Å². The molecule has 0 spiro atoms. The van der Waals surface area contributed by atoms with Crippen molar-refractivity contribution in [3.05, 3.63) is 60.2 Å². The molecule has 0 bridgehead atoms. The van der Waals surface area contributed by atoms with Crippen LogP contribution in [-0.4, -0.2) is 70.9 Å². The number of amides is 1. The number of nitrogens with zero attached hydrogens (tertiary/aromatic N) is 4. The first-order valence-electron chi connectivity index (χ1n) is 12.7. The highest BCUT2D eigenvalue weighted by molar-refractivity contribution is 5.95. The summed E-state index contributed by atoms with van der Waals surface area (Å²) in [5.41, 5.74) is 2.35. The minimum Gasteiger partial charge on any atom is -0.383 e. The number of pyridine rings is 1. The maximum absolute atomic E-state index is 13.2. The summed E-state index contributed by atoms with van der Waals surface area (Å²) in [5, 5.41) is 14.7. The highest BCUT2D eigenvalue weighted by Gasteiger charge is 2.73. The molecule has 36 heavy (non-hydrogen) atoms. The van der Waals surface area contributed by atoms with Crippen molar-refractivity contribution in [2.24, 2.45) is 11.3 Å². The predicted octanol–water partition coefficient (Wildman–Crippen LogP) is 3.05. The topological polar surface area (TPSA) is 108 Å². The number of methoxy groups -OCH3 is 1. The van der Waals surface area contributed by atoms with Gasteiger partial charge in [0.25, 0.3) is 5.91 Å². The molecular formula is C27H33N7O2. The zero-order valence-electron chi connectivity index (χ0n) is 20.8. The number of rotatable bonds is 9. The Morgan fingerprint density at radius 1 is 1.22 bits per heavy atom. The van der Waals surface area contributed by atoms with E-state index in [0.717, 1.165) is 48.9 Å². The van der Waals surface area contributed by atoms with Crippen LogP contribution < -0.4 is 10.6 Å². The number of aromatic amines is 1. The van der Waals surface area contributed by atoms with E-state index in [9.17, 15) is 4.79 Å². The van der Waals surface area contributed by atoms with Gasteiger partial charge in [-0.2, -0.15) is 5.10 Å². The van der Waals surface area contributed by atoms with Gasteiger partial charge in [-0.25, -0.2) is 4.98 Å². The van der Waals surface area contributed by atoms with E-state index in [1.807, 2.05) is 36.4 Å². The molecule has 1 unspecified atom stereocenters. The van der Waals surface area contributed by atoms with E-state index in [-0.39, 0.29) is 11.9 Å². The molecule has 188 valence electrons. The minimum atomic E-state index is -0.410. The van der Waals surface area contributed by atoms with E-state index in [4.69, 9.17) is 9.72 Å². The van der Waals surface area contributed by atoms with Crippen molar-refractivity contribution in [1.82, 2.24) is 30.4 Å². The summed E-state index contributed by atoms with van der Waals surface area (Å²) in [6.07, 6.45) is 7.64. The fourth-order valence-corrected chi connectivity index (χ4v) is 5.61. The van der Waals surface area contributed by atoms with Crippen LogP contribution in [0.1, 0.15) is 41.9 Å². The maximum Gasteiger partial charge on any atom is 0.251 e. The molecule has 3 aromatic rings. The molecule has 9 nitrogen and oxygen atoms in total. The smallest absolute Gasteiger partial charge is 0.251 e. The molecule has 6 rings (SSSR count). The van der Waals surface area contributed by atoms with Crippen molar-refractivity contribution >= 4 is 11.6 Å². The van der Waals surface area contributed by atoms with E-state index >= 15 is 0 Å². The zero-order chi connectivity index (χ0) is 24.8. The molecule has 1 aromatic carbocycles. The molecule has 3 aliphatic rings. The summed E-state index contributed by atoms with van der Waals surface area (Å²) < 4.78 is 5.41. The number of fused-ring (bicyclic) bond motifs is 1. The van der Waals surface area contributed by atoms with Crippen molar-refractivity contribution in [1.29, 1.82) is 0 Å². The van der Waals surface area contributed by atoms with Gasteiger partial charge in [0.05, 0.1) is 18.2 Å². The van der Waals surface area contributed by atoms with Crippen LogP contribution in [0.15, 0.2) is 48.8 Å². The zero-order valence-corrected chi connectivity index (χ0v) is 20.8. The molecule has 9 heteroatoms. The third-order valence-corrected chi connectivity index (χ3v) is 8.30. The molecule has 2 saturated carbocycles. The monoisotopic (exact) mass is 487 g/mol. The van der Waals surface area contributed by atoms with Gasteiger partial charge in [-0.15, -0.1) is 0 Å². The van der Waals surface area contributed by atoms with Crippen LogP contribution in [0.3, 0.4) is 0 Å². The lowest BCUT2D eigenvalue weighted by Crippen LogP contribution is -2.46. The van der Waals surface area contributed by atoms with E-state index in [1.54, 1.807) is 19.5 Å².